The van der Waals surface area contributed by atoms with Crippen LogP contribution >= 0.6 is 11.6 Å². The zero-order chi connectivity index (χ0) is 14.7. The second-order valence-electron chi connectivity index (χ2n) is 5.21. The van der Waals surface area contributed by atoms with E-state index < -0.39 is 0 Å². The largest absolute Gasteiger partial charge is 0.396 e. The summed E-state index contributed by atoms with van der Waals surface area (Å²) >= 11 is 5.94. The highest BCUT2D eigenvalue weighted by molar-refractivity contribution is 6.28. The fourth-order valence-corrected chi connectivity index (χ4v) is 2.91. The Kier molecular flexibility index (Phi) is 4.31. The number of aromatic nitrogens is 5. The molecule has 0 aromatic carbocycles. The highest BCUT2D eigenvalue weighted by atomic mass is 35.5. The topological polar surface area (TPSA) is 88.8 Å². The minimum absolute atomic E-state index is 0.140. The molecule has 3 rings (SSSR count). The van der Waals surface area contributed by atoms with Crippen molar-refractivity contribution in [2.75, 3.05) is 18.5 Å². The van der Waals surface area contributed by atoms with Gasteiger partial charge in [-0.15, -0.1) is 0 Å². The average molecular weight is 309 g/mol. The van der Waals surface area contributed by atoms with Crippen molar-refractivity contribution in [1.29, 1.82) is 0 Å². The molecule has 2 aromatic rings. The molecule has 2 heterocycles. The van der Waals surface area contributed by atoms with Crippen LogP contribution in [0.25, 0.3) is 5.95 Å². The lowest BCUT2D eigenvalue weighted by Crippen LogP contribution is -2.22. The molecule has 0 bridgehead atoms. The van der Waals surface area contributed by atoms with E-state index >= 15 is 0 Å². The first-order valence-corrected chi connectivity index (χ1v) is 7.38. The molecule has 0 radical (unpaired) electrons. The smallest absolute Gasteiger partial charge is 0.241 e. The molecule has 1 fully saturated rings. The molecule has 1 aliphatic rings. The summed E-state index contributed by atoms with van der Waals surface area (Å²) in [4.78, 5) is 16.5. The third kappa shape index (κ3) is 3.30. The van der Waals surface area contributed by atoms with Gasteiger partial charge in [-0.1, -0.05) is 6.42 Å². The standard InChI is InChI=1S/C13H17ClN6O/c14-11-17-12(16-6-9-2-1-3-10(9)7-21)19-13(18-11)20-5-4-15-8-20/h4-5,8-10,21H,1-3,6-7H2,(H,16,17,18,19). The van der Waals surface area contributed by atoms with Gasteiger partial charge < -0.3 is 10.4 Å². The summed E-state index contributed by atoms with van der Waals surface area (Å²) in [5.41, 5.74) is 0. The first-order valence-electron chi connectivity index (χ1n) is 7.01. The van der Waals surface area contributed by atoms with Crippen LogP contribution in [0.15, 0.2) is 18.7 Å². The predicted molar refractivity (Wildman–Crippen MR) is 78.4 cm³/mol. The van der Waals surface area contributed by atoms with Crippen LogP contribution in [0.5, 0.6) is 0 Å². The zero-order valence-electron chi connectivity index (χ0n) is 11.5. The monoisotopic (exact) mass is 308 g/mol. The number of nitrogens with one attached hydrogen (secondary N) is 1. The van der Waals surface area contributed by atoms with Crippen LogP contribution in [0.4, 0.5) is 5.95 Å². The average Bonchev–Trinajstić information content (AvgIpc) is 3.15. The zero-order valence-corrected chi connectivity index (χ0v) is 12.2. The van der Waals surface area contributed by atoms with E-state index in [0.717, 1.165) is 25.8 Å². The van der Waals surface area contributed by atoms with E-state index in [1.807, 2.05) is 0 Å². The molecule has 8 heteroatoms. The quantitative estimate of drug-likeness (QED) is 0.871. The Balaban J connectivity index is 1.71. The van der Waals surface area contributed by atoms with Gasteiger partial charge in [-0.2, -0.15) is 15.0 Å². The number of hydrogen-bond acceptors (Lipinski definition) is 6. The van der Waals surface area contributed by atoms with Crippen LogP contribution in [0.3, 0.4) is 0 Å². The van der Waals surface area contributed by atoms with E-state index in [1.165, 1.54) is 0 Å². The van der Waals surface area contributed by atoms with E-state index in [-0.39, 0.29) is 11.9 Å². The van der Waals surface area contributed by atoms with Crippen LogP contribution < -0.4 is 5.32 Å². The molecule has 0 amide bonds. The summed E-state index contributed by atoms with van der Waals surface area (Å²) in [5.74, 6) is 1.69. The Morgan fingerprint density at radius 2 is 2.14 bits per heavy atom. The number of imidazole rings is 1. The maximum absolute atomic E-state index is 9.35. The molecule has 0 saturated heterocycles. The summed E-state index contributed by atoms with van der Waals surface area (Å²) in [6, 6.07) is 0. The summed E-state index contributed by atoms with van der Waals surface area (Å²) < 4.78 is 1.67. The van der Waals surface area contributed by atoms with Crippen LogP contribution in [0.2, 0.25) is 5.28 Å². The third-order valence-corrected chi connectivity index (χ3v) is 4.07. The minimum Gasteiger partial charge on any atom is -0.396 e. The molecule has 0 spiro atoms. The molecule has 2 aromatic heterocycles. The Hall–Kier alpha value is -1.73. The van der Waals surface area contributed by atoms with Crippen molar-refractivity contribution in [1.82, 2.24) is 24.5 Å². The van der Waals surface area contributed by atoms with Crippen LogP contribution in [0.1, 0.15) is 19.3 Å². The van der Waals surface area contributed by atoms with Gasteiger partial charge in [0, 0.05) is 25.5 Å². The maximum Gasteiger partial charge on any atom is 0.241 e. The predicted octanol–water partition coefficient (Wildman–Crippen LogP) is 1.53. The maximum atomic E-state index is 9.35. The van der Waals surface area contributed by atoms with Crippen molar-refractivity contribution in [3.63, 3.8) is 0 Å². The Labute approximate surface area is 127 Å². The number of aliphatic hydroxyl groups is 1. The Bertz CT molecular complexity index is 590. The normalized spacial score (nSPS) is 21.6. The van der Waals surface area contributed by atoms with Gasteiger partial charge in [-0.25, -0.2) is 4.98 Å². The summed E-state index contributed by atoms with van der Waals surface area (Å²) in [6.45, 7) is 0.972. The van der Waals surface area contributed by atoms with Crippen LogP contribution in [-0.2, 0) is 0 Å². The number of aliphatic hydroxyl groups excluding tert-OH is 1. The van der Waals surface area contributed by atoms with E-state index in [4.69, 9.17) is 11.6 Å². The van der Waals surface area contributed by atoms with Crippen molar-refractivity contribution < 1.29 is 5.11 Å². The van der Waals surface area contributed by atoms with Crippen LogP contribution in [0, 0.1) is 11.8 Å². The molecule has 0 aliphatic heterocycles. The number of hydrogen-bond donors (Lipinski definition) is 2. The van der Waals surface area contributed by atoms with Gasteiger partial charge in [-0.05, 0) is 36.3 Å². The molecular formula is C13H17ClN6O. The van der Waals surface area contributed by atoms with Crippen molar-refractivity contribution in [2.45, 2.75) is 19.3 Å². The van der Waals surface area contributed by atoms with E-state index in [9.17, 15) is 5.11 Å². The van der Waals surface area contributed by atoms with E-state index in [1.54, 1.807) is 23.3 Å². The number of nitrogens with zero attached hydrogens (tertiary/aromatic N) is 5. The fourth-order valence-electron chi connectivity index (χ4n) is 2.76. The SMILES string of the molecule is OCC1CCCC1CNc1nc(Cl)nc(-n2ccnc2)n1. The van der Waals surface area contributed by atoms with Gasteiger partial charge in [0.05, 0.1) is 0 Å². The fraction of sp³-hybridized carbons (Fsp3) is 0.538. The molecule has 112 valence electrons. The first kappa shape index (κ1) is 14.2. The molecule has 2 N–H and O–H groups in total. The lowest BCUT2D eigenvalue weighted by Gasteiger charge is -2.17. The minimum atomic E-state index is 0.140. The Morgan fingerprint density at radius 3 is 2.90 bits per heavy atom. The summed E-state index contributed by atoms with van der Waals surface area (Å²) in [6.07, 6.45) is 8.36. The third-order valence-electron chi connectivity index (χ3n) is 3.91. The highest BCUT2D eigenvalue weighted by Gasteiger charge is 2.26. The summed E-state index contributed by atoms with van der Waals surface area (Å²) in [7, 11) is 0. The van der Waals surface area contributed by atoms with Gasteiger partial charge in [0.25, 0.3) is 0 Å². The van der Waals surface area contributed by atoms with E-state index in [0.29, 0.717) is 23.7 Å². The molecule has 1 saturated carbocycles. The van der Waals surface area contributed by atoms with Crippen molar-refractivity contribution in [3.8, 4) is 5.95 Å². The van der Waals surface area contributed by atoms with Gasteiger partial charge in [0.1, 0.15) is 6.33 Å². The molecule has 1 aliphatic carbocycles. The molecule has 2 atom stereocenters. The van der Waals surface area contributed by atoms with Crippen molar-refractivity contribution in [3.05, 3.63) is 24.0 Å². The van der Waals surface area contributed by atoms with Gasteiger partial charge in [-0.3, -0.25) is 4.57 Å². The molecule has 2 unspecified atom stereocenters. The number of halogens is 1. The van der Waals surface area contributed by atoms with Crippen molar-refractivity contribution >= 4 is 17.5 Å². The second kappa shape index (κ2) is 6.36. The van der Waals surface area contributed by atoms with Gasteiger partial charge in [0.15, 0.2) is 0 Å². The van der Waals surface area contributed by atoms with Crippen LogP contribution in [-0.4, -0.2) is 42.8 Å². The second-order valence-corrected chi connectivity index (χ2v) is 5.55. The van der Waals surface area contributed by atoms with E-state index in [2.05, 4.69) is 25.3 Å². The van der Waals surface area contributed by atoms with Gasteiger partial charge >= 0.3 is 0 Å². The number of rotatable bonds is 5. The highest BCUT2D eigenvalue weighted by Crippen LogP contribution is 2.31. The Morgan fingerprint density at radius 1 is 1.29 bits per heavy atom. The number of anilines is 1. The first-order chi connectivity index (χ1) is 10.3. The molecule has 7 nitrogen and oxygen atoms in total. The van der Waals surface area contributed by atoms with Crippen molar-refractivity contribution in [2.24, 2.45) is 11.8 Å². The molecule has 21 heavy (non-hydrogen) atoms. The lowest BCUT2D eigenvalue weighted by molar-refractivity contribution is 0.199. The molecular weight excluding hydrogens is 292 g/mol. The van der Waals surface area contributed by atoms with Gasteiger partial charge in [0.2, 0.25) is 17.2 Å². The lowest BCUT2D eigenvalue weighted by atomic mass is 9.97. The summed E-state index contributed by atoms with van der Waals surface area (Å²) in [5, 5.41) is 12.7.